The fourth-order valence-corrected chi connectivity index (χ4v) is 4.32. The third kappa shape index (κ3) is 5.05. The molecule has 5 heteroatoms. The van der Waals surface area contributed by atoms with Crippen LogP contribution in [0, 0.1) is 5.82 Å². The number of aliphatic hydroxyl groups is 1. The Bertz CT molecular complexity index is 1080. The Morgan fingerprint density at radius 1 is 1.09 bits per heavy atom. The van der Waals surface area contributed by atoms with Crippen molar-refractivity contribution in [2.45, 2.75) is 57.7 Å². The first-order valence-corrected chi connectivity index (χ1v) is 11.1. The van der Waals surface area contributed by atoms with E-state index in [0.717, 1.165) is 33.6 Å². The summed E-state index contributed by atoms with van der Waals surface area (Å²) in [4.78, 5) is 16.8. The average Bonchev–Trinajstić information content (AvgIpc) is 2.77. The minimum Gasteiger partial charge on any atom is -0.462 e. The van der Waals surface area contributed by atoms with Crippen LogP contribution in [-0.2, 0) is 16.0 Å². The molecular weight excluding hydrogens is 405 g/mol. The van der Waals surface area contributed by atoms with Gasteiger partial charge in [-0.1, -0.05) is 56.3 Å². The van der Waals surface area contributed by atoms with Crippen LogP contribution >= 0.6 is 0 Å². The minimum absolute atomic E-state index is 0.0574. The van der Waals surface area contributed by atoms with Crippen LogP contribution in [0.3, 0.4) is 0 Å². The predicted molar refractivity (Wildman–Crippen MR) is 123 cm³/mol. The summed E-state index contributed by atoms with van der Waals surface area (Å²) in [5.74, 6) is -0.457. The van der Waals surface area contributed by atoms with Gasteiger partial charge in [-0.15, -0.1) is 0 Å². The van der Waals surface area contributed by atoms with E-state index < -0.39 is 6.10 Å². The molecule has 1 aliphatic heterocycles. The maximum Gasteiger partial charge on any atom is 0.308 e. The van der Waals surface area contributed by atoms with Gasteiger partial charge in [-0.2, -0.15) is 0 Å². The lowest BCUT2D eigenvalue weighted by Crippen LogP contribution is -2.32. The molecule has 2 aromatic carbocycles. The van der Waals surface area contributed by atoms with E-state index in [4.69, 9.17) is 9.72 Å². The zero-order valence-corrected chi connectivity index (χ0v) is 18.4. The second-order valence-electron chi connectivity index (χ2n) is 8.69. The number of hydrogen-bond donors (Lipinski definition) is 1. The lowest BCUT2D eigenvalue weighted by molar-refractivity contribution is -0.160. The standard InChI is InChI=1S/C27H28FNO3/c1-17(2)27-23(13-12-22-14-21(30)15-26(31)32-22)24(18-8-10-20(28)11-9-18)16-25(29-27)19-6-4-3-5-7-19/h3-11,16-17,21-22,30H,12-15H2,1-2H3/t21-,22?/m1/s1. The van der Waals surface area contributed by atoms with E-state index in [2.05, 4.69) is 19.9 Å². The second kappa shape index (κ2) is 9.61. The van der Waals surface area contributed by atoms with Gasteiger partial charge in [-0.05, 0) is 53.6 Å². The molecule has 1 fully saturated rings. The summed E-state index contributed by atoms with van der Waals surface area (Å²) in [6, 6.07) is 18.6. The molecule has 1 aliphatic rings. The minimum atomic E-state index is -0.652. The quantitative estimate of drug-likeness (QED) is 0.508. The van der Waals surface area contributed by atoms with Gasteiger partial charge in [0.25, 0.3) is 0 Å². The Morgan fingerprint density at radius 3 is 2.47 bits per heavy atom. The van der Waals surface area contributed by atoms with Gasteiger partial charge >= 0.3 is 5.97 Å². The molecule has 0 bridgehead atoms. The molecular formula is C27H28FNO3. The van der Waals surface area contributed by atoms with Crippen LogP contribution in [0.1, 0.15) is 50.3 Å². The predicted octanol–water partition coefficient (Wildman–Crippen LogP) is 5.68. The highest BCUT2D eigenvalue weighted by Gasteiger charge is 2.28. The van der Waals surface area contributed by atoms with Crippen molar-refractivity contribution in [3.8, 4) is 22.4 Å². The largest absolute Gasteiger partial charge is 0.462 e. The van der Waals surface area contributed by atoms with Crippen molar-refractivity contribution < 1.29 is 19.0 Å². The summed E-state index contributed by atoms with van der Waals surface area (Å²) >= 11 is 0. The van der Waals surface area contributed by atoms with E-state index >= 15 is 0 Å². The molecule has 0 saturated carbocycles. The van der Waals surface area contributed by atoms with Gasteiger partial charge in [-0.3, -0.25) is 9.78 Å². The molecule has 1 aromatic heterocycles. The Hall–Kier alpha value is -3.05. The van der Waals surface area contributed by atoms with Crippen molar-refractivity contribution in [3.05, 3.63) is 77.7 Å². The van der Waals surface area contributed by atoms with E-state index in [0.29, 0.717) is 19.3 Å². The highest BCUT2D eigenvalue weighted by molar-refractivity contribution is 5.74. The van der Waals surface area contributed by atoms with Crippen molar-refractivity contribution in [1.29, 1.82) is 0 Å². The molecule has 1 N–H and O–H groups in total. The number of nitrogens with zero attached hydrogens (tertiary/aromatic N) is 1. The van der Waals surface area contributed by atoms with E-state index in [1.165, 1.54) is 12.1 Å². The topological polar surface area (TPSA) is 59.4 Å². The van der Waals surface area contributed by atoms with Crippen molar-refractivity contribution in [3.63, 3.8) is 0 Å². The maximum absolute atomic E-state index is 13.6. The second-order valence-corrected chi connectivity index (χ2v) is 8.69. The van der Waals surface area contributed by atoms with Crippen LogP contribution in [0.4, 0.5) is 4.39 Å². The van der Waals surface area contributed by atoms with Gasteiger partial charge in [-0.25, -0.2) is 4.39 Å². The third-order valence-electron chi connectivity index (χ3n) is 5.88. The lowest BCUT2D eigenvalue weighted by Gasteiger charge is -2.27. The number of rotatable bonds is 6. The monoisotopic (exact) mass is 433 g/mol. The number of ether oxygens (including phenoxy) is 1. The number of benzene rings is 2. The molecule has 3 aromatic rings. The normalized spacial score (nSPS) is 18.6. The number of aliphatic hydroxyl groups excluding tert-OH is 1. The fourth-order valence-electron chi connectivity index (χ4n) is 4.32. The Morgan fingerprint density at radius 2 is 1.81 bits per heavy atom. The summed E-state index contributed by atoms with van der Waals surface area (Å²) in [7, 11) is 0. The van der Waals surface area contributed by atoms with Gasteiger partial charge in [0.2, 0.25) is 0 Å². The molecule has 32 heavy (non-hydrogen) atoms. The summed E-state index contributed by atoms with van der Waals surface area (Å²) < 4.78 is 19.1. The molecule has 2 heterocycles. The summed E-state index contributed by atoms with van der Waals surface area (Å²) in [6.45, 7) is 4.22. The van der Waals surface area contributed by atoms with Gasteiger partial charge < -0.3 is 9.84 Å². The van der Waals surface area contributed by atoms with Crippen LogP contribution in [0.25, 0.3) is 22.4 Å². The Balaban J connectivity index is 1.77. The van der Waals surface area contributed by atoms with Crippen molar-refractivity contribution in [2.75, 3.05) is 0 Å². The van der Waals surface area contributed by atoms with E-state index in [1.54, 1.807) is 12.1 Å². The molecule has 0 aliphatic carbocycles. The zero-order valence-electron chi connectivity index (χ0n) is 18.4. The highest BCUT2D eigenvalue weighted by atomic mass is 19.1. The van der Waals surface area contributed by atoms with E-state index in [9.17, 15) is 14.3 Å². The number of aromatic nitrogens is 1. The van der Waals surface area contributed by atoms with Gasteiger partial charge in [0.1, 0.15) is 11.9 Å². The molecule has 1 unspecified atom stereocenters. The molecule has 166 valence electrons. The van der Waals surface area contributed by atoms with Crippen molar-refractivity contribution in [1.82, 2.24) is 4.98 Å². The SMILES string of the molecule is CC(C)c1nc(-c2ccccc2)cc(-c2ccc(F)cc2)c1CCC1C[C@@H](O)CC(=O)O1. The van der Waals surface area contributed by atoms with Crippen LogP contribution in [0.2, 0.25) is 0 Å². The van der Waals surface area contributed by atoms with Crippen LogP contribution in [0.15, 0.2) is 60.7 Å². The van der Waals surface area contributed by atoms with Crippen LogP contribution in [0.5, 0.6) is 0 Å². The van der Waals surface area contributed by atoms with Gasteiger partial charge in [0.05, 0.1) is 18.2 Å². The number of carbonyl (C=O) groups excluding carboxylic acids is 1. The molecule has 0 radical (unpaired) electrons. The first kappa shape index (κ1) is 22.2. The smallest absolute Gasteiger partial charge is 0.308 e. The molecule has 2 atom stereocenters. The number of esters is 1. The lowest BCUT2D eigenvalue weighted by atomic mass is 9.88. The number of halogens is 1. The molecule has 0 spiro atoms. The Labute approximate surface area is 188 Å². The van der Waals surface area contributed by atoms with Crippen molar-refractivity contribution >= 4 is 5.97 Å². The first-order chi connectivity index (χ1) is 15.4. The fraction of sp³-hybridized carbons (Fsp3) is 0.333. The number of hydrogen-bond acceptors (Lipinski definition) is 4. The summed E-state index contributed by atoms with van der Waals surface area (Å²) in [5.41, 5.74) is 5.87. The van der Waals surface area contributed by atoms with Gasteiger partial charge in [0, 0.05) is 17.7 Å². The highest BCUT2D eigenvalue weighted by Crippen LogP contribution is 2.35. The molecule has 0 amide bonds. The van der Waals surface area contributed by atoms with E-state index in [-0.39, 0.29) is 30.2 Å². The molecule has 4 rings (SSSR count). The summed E-state index contributed by atoms with van der Waals surface area (Å²) in [6.07, 6.45) is 0.782. The maximum atomic E-state index is 13.6. The number of cyclic esters (lactones) is 1. The zero-order chi connectivity index (χ0) is 22.7. The van der Waals surface area contributed by atoms with Crippen molar-refractivity contribution in [2.24, 2.45) is 0 Å². The first-order valence-electron chi connectivity index (χ1n) is 11.1. The van der Waals surface area contributed by atoms with Gasteiger partial charge in [0.15, 0.2) is 0 Å². The van der Waals surface area contributed by atoms with Crippen LogP contribution < -0.4 is 0 Å². The third-order valence-corrected chi connectivity index (χ3v) is 5.88. The summed E-state index contributed by atoms with van der Waals surface area (Å²) in [5, 5.41) is 9.96. The van der Waals surface area contributed by atoms with Crippen LogP contribution in [-0.4, -0.2) is 28.3 Å². The Kier molecular flexibility index (Phi) is 6.66. The number of carbonyl (C=O) groups is 1. The average molecular weight is 434 g/mol. The van der Waals surface area contributed by atoms with E-state index in [1.807, 2.05) is 30.3 Å². The number of pyridine rings is 1. The molecule has 1 saturated heterocycles. The molecule has 4 nitrogen and oxygen atoms in total.